The maximum atomic E-state index is 10.5. The molecular weight excluding hydrogens is 311 g/mol. The Hall–Kier alpha value is -0.0900. The molecule has 1 fully saturated rings. The highest BCUT2D eigenvalue weighted by Gasteiger charge is 2.28. The molecule has 0 saturated heterocycles. The minimum absolute atomic E-state index is 0.653. The summed E-state index contributed by atoms with van der Waals surface area (Å²) in [6.45, 7) is 1.95. The summed E-state index contributed by atoms with van der Waals surface area (Å²) < 4.78 is 1.22. The molecule has 0 amide bonds. The third-order valence-electron chi connectivity index (χ3n) is 3.63. The van der Waals surface area contributed by atoms with Crippen molar-refractivity contribution < 1.29 is 5.11 Å². The van der Waals surface area contributed by atoms with Crippen molar-refractivity contribution >= 4 is 22.6 Å². The van der Waals surface area contributed by atoms with Crippen LogP contribution in [0.15, 0.2) is 24.3 Å². The van der Waals surface area contributed by atoms with E-state index in [0.717, 1.165) is 12.0 Å². The molecule has 1 aliphatic rings. The quantitative estimate of drug-likeness (QED) is 0.828. The number of hydrogen-bond acceptors (Lipinski definition) is 1. The van der Waals surface area contributed by atoms with Crippen molar-refractivity contribution in [2.45, 2.75) is 44.6 Å². The lowest BCUT2D eigenvalue weighted by Crippen LogP contribution is -2.24. The first-order valence-corrected chi connectivity index (χ1v) is 7.14. The first-order chi connectivity index (χ1) is 7.58. The summed E-state index contributed by atoms with van der Waals surface area (Å²) in [5, 5.41) is 10.5. The Labute approximate surface area is 111 Å². The van der Waals surface area contributed by atoms with Gasteiger partial charge in [-0.2, -0.15) is 0 Å². The summed E-state index contributed by atoms with van der Waals surface area (Å²) in [4.78, 5) is 0. The first-order valence-electron chi connectivity index (χ1n) is 6.06. The largest absolute Gasteiger partial charge is 0.385 e. The molecule has 0 spiro atoms. The Balaban J connectivity index is 2.07. The Morgan fingerprint density at radius 2 is 1.81 bits per heavy atom. The second-order valence-corrected chi connectivity index (χ2v) is 6.38. The van der Waals surface area contributed by atoms with E-state index in [4.69, 9.17) is 0 Å². The van der Waals surface area contributed by atoms with Crippen molar-refractivity contribution in [2.75, 3.05) is 0 Å². The van der Waals surface area contributed by atoms with E-state index >= 15 is 0 Å². The topological polar surface area (TPSA) is 20.2 Å². The predicted molar refractivity (Wildman–Crippen MR) is 75.3 cm³/mol. The number of aliphatic hydroxyl groups is 1. The van der Waals surface area contributed by atoms with Crippen LogP contribution >= 0.6 is 22.6 Å². The molecule has 0 aliphatic heterocycles. The summed E-state index contributed by atoms with van der Waals surface area (Å²) in [7, 11) is 0. The molecule has 1 aromatic rings. The van der Waals surface area contributed by atoms with Gasteiger partial charge in [0.05, 0.1) is 5.60 Å². The molecule has 1 atom stereocenters. The lowest BCUT2D eigenvalue weighted by Gasteiger charge is -2.27. The van der Waals surface area contributed by atoms with Gasteiger partial charge >= 0.3 is 0 Å². The maximum Gasteiger partial charge on any atom is 0.0871 e. The molecule has 0 heterocycles. The lowest BCUT2D eigenvalue weighted by atomic mass is 9.85. The molecule has 1 nitrogen and oxygen atoms in total. The van der Waals surface area contributed by atoms with Crippen molar-refractivity contribution in [3.8, 4) is 0 Å². The highest BCUT2D eigenvalue weighted by molar-refractivity contribution is 14.1. The normalized spacial score (nSPS) is 20.9. The fraction of sp³-hybridized carbons (Fsp3) is 0.571. The van der Waals surface area contributed by atoms with Crippen LogP contribution in [0.2, 0.25) is 0 Å². The van der Waals surface area contributed by atoms with Crippen LogP contribution in [-0.2, 0) is 5.60 Å². The van der Waals surface area contributed by atoms with Crippen LogP contribution in [0.1, 0.15) is 44.6 Å². The maximum absolute atomic E-state index is 10.5. The van der Waals surface area contributed by atoms with Gasteiger partial charge in [-0.15, -0.1) is 0 Å². The fourth-order valence-electron chi connectivity index (χ4n) is 2.70. The molecule has 0 bridgehead atoms. The number of rotatable bonds is 3. The van der Waals surface area contributed by atoms with Gasteiger partial charge in [-0.25, -0.2) is 0 Å². The molecule has 0 aromatic heterocycles. The van der Waals surface area contributed by atoms with Gasteiger partial charge in [-0.1, -0.05) is 37.8 Å². The standard InChI is InChI=1S/C14H19IO/c1-14(16,10-11-4-2-3-5-11)12-6-8-13(15)9-7-12/h6-9,11,16H,2-5,10H2,1H3. The molecule has 1 unspecified atom stereocenters. The van der Waals surface area contributed by atoms with Gasteiger partial charge in [0, 0.05) is 3.57 Å². The minimum Gasteiger partial charge on any atom is -0.385 e. The zero-order chi connectivity index (χ0) is 11.6. The van der Waals surface area contributed by atoms with Gasteiger partial charge in [0.1, 0.15) is 0 Å². The molecule has 2 rings (SSSR count). The zero-order valence-corrected chi connectivity index (χ0v) is 11.9. The molecule has 1 aliphatic carbocycles. The van der Waals surface area contributed by atoms with E-state index in [-0.39, 0.29) is 0 Å². The van der Waals surface area contributed by atoms with Crippen LogP contribution in [0, 0.1) is 9.49 Å². The van der Waals surface area contributed by atoms with Crippen LogP contribution in [-0.4, -0.2) is 5.11 Å². The van der Waals surface area contributed by atoms with Crippen LogP contribution in [0.5, 0.6) is 0 Å². The number of halogens is 1. The lowest BCUT2D eigenvalue weighted by molar-refractivity contribution is 0.0308. The molecule has 16 heavy (non-hydrogen) atoms. The smallest absolute Gasteiger partial charge is 0.0871 e. The number of hydrogen-bond donors (Lipinski definition) is 1. The van der Waals surface area contributed by atoms with Crippen LogP contribution < -0.4 is 0 Å². The third kappa shape index (κ3) is 2.98. The van der Waals surface area contributed by atoms with Crippen molar-refractivity contribution in [2.24, 2.45) is 5.92 Å². The van der Waals surface area contributed by atoms with Crippen molar-refractivity contribution in [3.63, 3.8) is 0 Å². The minimum atomic E-state index is -0.653. The molecule has 0 radical (unpaired) electrons. The number of benzene rings is 1. The van der Waals surface area contributed by atoms with E-state index in [2.05, 4.69) is 46.9 Å². The Morgan fingerprint density at radius 1 is 1.25 bits per heavy atom. The first kappa shape index (κ1) is 12.4. The molecule has 88 valence electrons. The highest BCUT2D eigenvalue weighted by Crippen LogP contribution is 2.36. The van der Waals surface area contributed by atoms with Crippen LogP contribution in [0.4, 0.5) is 0 Å². The second-order valence-electron chi connectivity index (χ2n) is 5.14. The van der Waals surface area contributed by atoms with E-state index in [1.54, 1.807) is 0 Å². The SMILES string of the molecule is CC(O)(CC1CCCC1)c1ccc(I)cc1. The van der Waals surface area contributed by atoms with Gasteiger partial charge in [-0.05, 0) is 59.5 Å². The third-order valence-corrected chi connectivity index (χ3v) is 4.35. The summed E-state index contributed by atoms with van der Waals surface area (Å²) in [6.07, 6.45) is 6.18. The Kier molecular flexibility index (Phi) is 3.90. The highest BCUT2D eigenvalue weighted by atomic mass is 127. The Bertz CT molecular complexity index is 336. The molecule has 1 aromatic carbocycles. The molecule has 2 heteroatoms. The van der Waals surface area contributed by atoms with E-state index in [9.17, 15) is 5.11 Å². The Morgan fingerprint density at radius 3 is 2.38 bits per heavy atom. The van der Waals surface area contributed by atoms with Crippen LogP contribution in [0.3, 0.4) is 0 Å². The fourth-order valence-corrected chi connectivity index (χ4v) is 3.06. The average Bonchev–Trinajstić information content (AvgIpc) is 2.70. The van der Waals surface area contributed by atoms with Crippen molar-refractivity contribution in [1.82, 2.24) is 0 Å². The average molecular weight is 330 g/mol. The van der Waals surface area contributed by atoms with E-state index in [1.807, 2.05) is 6.92 Å². The predicted octanol–water partition coefficient (Wildman–Crippen LogP) is 4.08. The van der Waals surface area contributed by atoms with Crippen molar-refractivity contribution in [1.29, 1.82) is 0 Å². The van der Waals surface area contributed by atoms with E-state index in [0.29, 0.717) is 5.92 Å². The van der Waals surface area contributed by atoms with Gasteiger partial charge in [0.2, 0.25) is 0 Å². The molecule has 1 N–H and O–H groups in total. The summed E-state index contributed by atoms with van der Waals surface area (Å²) in [5.41, 5.74) is 0.402. The molecule has 1 saturated carbocycles. The van der Waals surface area contributed by atoms with Crippen molar-refractivity contribution in [3.05, 3.63) is 33.4 Å². The van der Waals surface area contributed by atoms with Gasteiger partial charge in [-0.3, -0.25) is 0 Å². The summed E-state index contributed by atoms with van der Waals surface area (Å²) in [6, 6.07) is 8.24. The van der Waals surface area contributed by atoms with E-state index in [1.165, 1.54) is 29.3 Å². The van der Waals surface area contributed by atoms with Gasteiger partial charge in [0.15, 0.2) is 0 Å². The zero-order valence-electron chi connectivity index (χ0n) is 9.75. The summed E-state index contributed by atoms with van der Waals surface area (Å²) >= 11 is 2.29. The molecular formula is C14H19IO. The van der Waals surface area contributed by atoms with Gasteiger partial charge < -0.3 is 5.11 Å². The van der Waals surface area contributed by atoms with Gasteiger partial charge in [0.25, 0.3) is 0 Å². The van der Waals surface area contributed by atoms with E-state index < -0.39 is 5.60 Å². The second kappa shape index (κ2) is 5.05. The summed E-state index contributed by atoms with van der Waals surface area (Å²) in [5.74, 6) is 0.717. The monoisotopic (exact) mass is 330 g/mol. The van der Waals surface area contributed by atoms with Crippen LogP contribution in [0.25, 0.3) is 0 Å².